The van der Waals surface area contributed by atoms with E-state index in [0.29, 0.717) is 34.5 Å². The Morgan fingerprint density at radius 3 is 2.67 bits per heavy atom. The molecule has 2 aromatic rings. The third-order valence-electron chi connectivity index (χ3n) is 4.17. The molecule has 0 spiro atoms. The van der Waals surface area contributed by atoms with Gasteiger partial charge in [-0.3, -0.25) is 19.8 Å². The first-order valence-electron chi connectivity index (χ1n) is 8.32. The molecule has 27 heavy (non-hydrogen) atoms. The van der Waals surface area contributed by atoms with Crippen molar-refractivity contribution in [2.75, 3.05) is 38.0 Å². The summed E-state index contributed by atoms with van der Waals surface area (Å²) in [6.07, 6.45) is 1.86. The highest BCUT2D eigenvalue weighted by Crippen LogP contribution is 2.23. The number of hydrogen-bond acceptors (Lipinski definition) is 5. The van der Waals surface area contributed by atoms with E-state index in [1.54, 1.807) is 22.4 Å². The number of aromatic nitrogens is 1. The van der Waals surface area contributed by atoms with Crippen molar-refractivity contribution in [1.29, 1.82) is 0 Å². The van der Waals surface area contributed by atoms with Gasteiger partial charge in [0.05, 0.1) is 10.6 Å². The summed E-state index contributed by atoms with van der Waals surface area (Å²) >= 11 is 13.1. The number of carbonyl (C=O) groups is 2. The molecule has 1 N–H and O–H groups in total. The molecule has 3 rings (SSSR count). The van der Waals surface area contributed by atoms with Gasteiger partial charge in [0.1, 0.15) is 5.69 Å². The van der Waals surface area contributed by atoms with Crippen LogP contribution in [0.2, 0.25) is 10.0 Å². The van der Waals surface area contributed by atoms with E-state index in [1.165, 1.54) is 17.4 Å². The monoisotopic (exact) mass is 424 g/mol. The van der Waals surface area contributed by atoms with Crippen LogP contribution >= 0.6 is 34.5 Å². The minimum atomic E-state index is -0.400. The predicted octanol–water partition coefficient (Wildman–Crippen LogP) is 3.65. The summed E-state index contributed by atoms with van der Waals surface area (Å²) in [6.45, 7) is 7.46. The molecule has 1 aliphatic rings. The zero-order chi connectivity index (χ0) is 19.4. The Morgan fingerprint density at radius 1 is 1.26 bits per heavy atom. The number of halogens is 2. The van der Waals surface area contributed by atoms with E-state index in [1.807, 2.05) is 6.08 Å². The van der Waals surface area contributed by atoms with Gasteiger partial charge in [0, 0.05) is 43.1 Å². The number of piperazine rings is 1. The number of hydrogen-bond donors (Lipinski definition) is 1. The van der Waals surface area contributed by atoms with Gasteiger partial charge in [0.15, 0.2) is 5.13 Å². The van der Waals surface area contributed by atoms with Gasteiger partial charge in [0.25, 0.3) is 11.8 Å². The number of nitrogens with zero attached hydrogens (tertiary/aromatic N) is 3. The van der Waals surface area contributed by atoms with E-state index in [0.717, 1.165) is 19.6 Å². The molecule has 0 unspecified atom stereocenters. The first-order valence-corrected chi connectivity index (χ1v) is 9.96. The number of benzene rings is 1. The molecule has 0 radical (unpaired) electrons. The van der Waals surface area contributed by atoms with Crippen LogP contribution < -0.4 is 5.32 Å². The average Bonchev–Trinajstić information content (AvgIpc) is 3.10. The van der Waals surface area contributed by atoms with Crippen LogP contribution in [0.4, 0.5) is 5.13 Å². The fourth-order valence-corrected chi connectivity index (χ4v) is 3.92. The number of anilines is 1. The van der Waals surface area contributed by atoms with Crippen LogP contribution in [0.3, 0.4) is 0 Å². The van der Waals surface area contributed by atoms with Crippen LogP contribution in [-0.2, 0) is 0 Å². The third-order valence-corrected chi connectivity index (χ3v) is 5.47. The molecule has 6 nitrogen and oxygen atoms in total. The van der Waals surface area contributed by atoms with Crippen molar-refractivity contribution in [2.45, 2.75) is 0 Å². The van der Waals surface area contributed by atoms with Crippen LogP contribution in [0.25, 0.3) is 0 Å². The van der Waals surface area contributed by atoms with Crippen molar-refractivity contribution >= 4 is 51.5 Å². The molecule has 0 atom stereocenters. The zero-order valence-electron chi connectivity index (χ0n) is 14.5. The minimum absolute atomic E-state index is 0.130. The first-order chi connectivity index (χ1) is 13.0. The quantitative estimate of drug-likeness (QED) is 0.743. The van der Waals surface area contributed by atoms with Crippen LogP contribution in [0.1, 0.15) is 20.8 Å². The van der Waals surface area contributed by atoms with Crippen molar-refractivity contribution in [3.8, 4) is 0 Å². The molecule has 0 bridgehead atoms. The molecule has 1 fully saturated rings. The average molecular weight is 425 g/mol. The SMILES string of the molecule is C=CCN1CCN(C(=O)c2csc(NC(=O)c3ccc(Cl)cc3Cl)n2)CC1. The topological polar surface area (TPSA) is 65.5 Å². The summed E-state index contributed by atoms with van der Waals surface area (Å²) in [7, 11) is 0. The molecule has 9 heteroatoms. The highest BCUT2D eigenvalue weighted by atomic mass is 35.5. The smallest absolute Gasteiger partial charge is 0.273 e. The van der Waals surface area contributed by atoms with Gasteiger partial charge in [-0.25, -0.2) is 4.98 Å². The lowest BCUT2D eigenvalue weighted by molar-refractivity contribution is 0.0645. The van der Waals surface area contributed by atoms with E-state index < -0.39 is 5.91 Å². The van der Waals surface area contributed by atoms with Crippen LogP contribution in [0.5, 0.6) is 0 Å². The van der Waals surface area contributed by atoms with E-state index in [2.05, 4.69) is 21.8 Å². The summed E-state index contributed by atoms with van der Waals surface area (Å²) in [5.74, 6) is -0.530. The van der Waals surface area contributed by atoms with Gasteiger partial charge in [-0.15, -0.1) is 17.9 Å². The van der Waals surface area contributed by atoms with Crippen molar-refractivity contribution in [3.05, 3.63) is 57.5 Å². The molecule has 2 heterocycles. The Bertz CT molecular complexity index is 863. The largest absolute Gasteiger partial charge is 0.335 e. The Labute approximate surface area is 171 Å². The number of rotatable bonds is 5. The number of thiazole rings is 1. The molecule has 142 valence electrons. The Hall–Kier alpha value is -1.93. The molecule has 0 aliphatic carbocycles. The summed E-state index contributed by atoms with van der Waals surface area (Å²) in [5, 5.41) is 5.37. The second kappa shape index (κ2) is 8.84. The highest BCUT2D eigenvalue weighted by molar-refractivity contribution is 7.14. The van der Waals surface area contributed by atoms with Gasteiger partial charge in [-0.2, -0.15) is 0 Å². The Kier molecular flexibility index (Phi) is 6.49. The first kappa shape index (κ1) is 19.8. The number of nitrogens with one attached hydrogen (secondary N) is 1. The maximum absolute atomic E-state index is 12.6. The lowest BCUT2D eigenvalue weighted by Gasteiger charge is -2.33. The van der Waals surface area contributed by atoms with Crippen molar-refractivity contribution < 1.29 is 9.59 Å². The van der Waals surface area contributed by atoms with E-state index in [-0.39, 0.29) is 10.9 Å². The van der Waals surface area contributed by atoms with Crippen LogP contribution in [-0.4, -0.2) is 59.3 Å². The summed E-state index contributed by atoms with van der Waals surface area (Å²) in [6, 6.07) is 4.63. The van der Waals surface area contributed by atoms with Gasteiger partial charge in [0.2, 0.25) is 0 Å². The molecule has 1 saturated heterocycles. The Morgan fingerprint density at radius 2 is 2.00 bits per heavy atom. The van der Waals surface area contributed by atoms with E-state index in [9.17, 15) is 9.59 Å². The summed E-state index contributed by atoms with van der Waals surface area (Å²) in [4.78, 5) is 33.2. The highest BCUT2D eigenvalue weighted by Gasteiger charge is 2.23. The second-order valence-corrected chi connectivity index (χ2v) is 7.70. The summed E-state index contributed by atoms with van der Waals surface area (Å²) < 4.78 is 0. The second-order valence-electron chi connectivity index (χ2n) is 6.00. The lowest BCUT2D eigenvalue weighted by Crippen LogP contribution is -2.48. The number of amides is 2. The van der Waals surface area contributed by atoms with Gasteiger partial charge >= 0.3 is 0 Å². The van der Waals surface area contributed by atoms with Gasteiger partial charge < -0.3 is 4.90 Å². The molecule has 1 aromatic heterocycles. The Balaban J connectivity index is 1.62. The van der Waals surface area contributed by atoms with Gasteiger partial charge in [-0.1, -0.05) is 29.3 Å². The summed E-state index contributed by atoms with van der Waals surface area (Å²) in [5.41, 5.74) is 0.622. The predicted molar refractivity (Wildman–Crippen MR) is 109 cm³/mol. The lowest BCUT2D eigenvalue weighted by atomic mass is 10.2. The molecule has 0 saturated carbocycles. The fraction of sp³-hybridized carbons (Fsp3) is 0.278. The maximum Gasteiger partial charge on any atom is 0.273 e. The van der Waals surface area contributed by atoms with Crippen molar-refractivity contribution in [2.24, 2.45) is 0 Å². The maximum atomic E-state index is 12.6. The standard InChI is InChI=1S/C18H18Cl2N4O2S/c1-2-5-23-6-8-24(9-7-23)17(26)15-11-27-18(21-15)22-16(25)13-4-3-12(19)10-14(13)20/h2-4,10-11H,1,5-9H2,(H,21,22,25). The molecular formula is C18H18Cl2N4O2S. The zero-order valence-corrected chi connectivity index (χ0v) is 16.8. The van der Waals surface area contributed by atoms with Gasteiger partial charge in [-0.05, 0) is 18.2 Å². The van der Waals surface area contributed by atoms with E-state index >= 15 is 0 Å². The molecule has 2 amide bonds. The van der Waals surface area contributed by atoms with Crippen molar-refractivity contribution in [3.63, 3.8) is 0 Å². The normalized spacial score (nSPS) is 14.8. The third kappa shape index (κ3) is 4.87. The van der Waals surface area contributed by atoms with Crippen LogP contribution in [0, 0.1) is 0 Å². The van der Waals surface area contributed by atoms with E-state index in [4.69, 9.17) is 23.2 Å². The molecule has 1 aromatic carbocycles. The fourth-order valence-electron chi connectivity index (χ4n) is 2.75. The molecular weight excluding hydrogens is 407 g/mol. The minimum Gasteiger partial charge on any atom is -0.335 e. The number of carbonyl (C=O) groups excluding carboxylic acids is 2. The van der Waals surface area contributed by atoms with Crippen molar-refractivity contribution in [1.82, 2.24) is 14.8 Å². The molecule has 1 aliphatic heterocycles. The van der Waals surface area contributed by atoms with Crippen LogP contribution in [0.15, 0.2) is 36.2 Å².